The van der Waals surface area contributed by atoms with E-state index < -0.39 is 15.2 Å². The van der Waals surface area contributed by atoms with Crippen LogP contribution in [0.1, 0.15) is 5.56 Å². The zero-order valence-corrected chi connectivity index (χ0v) is 14.8. The summed E-state index contributed by atoms with van der Waals surface area (Å²) >= 11 is 11.3. The highest BCUT2D eigenvalue weighted by atomic mass is 35.5. The lowest BCUT2D eigenvalue weighted by molar-refractivity contribution is 0.600. The lowest BCUT2D eigenvalue weighted by Crippen LogP contribution is -2.46. The molecule has 0 aliphatic carbocycles. The maximum absolute atomic E-state index is 11.5. The first-order valence-corrected chi connectivity index (χ1v) is 10.0. The predicted octanol–water partition coefficient (Wildman–Crippen LogP) is 1.58. The molecule has 3 N–H and O–H groups in total. The Labute approximate surface area is 145 Å². The molecule has 1 fully saturated rings. The molecule has 2 heterocycles. The Kier molecular flexibility index (Phi) is 4.79. The number of rotatable bonds is 4. The van der Waals surface area contributed by atoms with Gasteiger partial charge in [0.1, 0.15) is 0 Å². The van der Waals surface area contributed by atoms with Crippen LogP contribution in [0.25, 0.3) is 10.9 Å². The third-order valence-corrected chi connectivity index (χ3v) is 6.59. The van der Waals surface area contributed by atoms with E-state index >= 15 is 0 Å². The third-order valence-electron chi connectivity index (χ3n) is 3.95. The molecule has 1 aliphatic heterocycles. The Morgan fingerprint density at radius 3 is 2.87 bits per heavy atom. The van der Waals surface area contributed by atoms with Gasteiger partial charge in [0.05, 0.1) is 22.9 Å². The second-order valence-electron chi connectivity index (χ2n) is 5.71. The molecule has 1 aliphatic rings. The number of sulfone groups is 1. The number of aromatic nitrogens is 1. The smallest absolute Gasteiger partial charge is 0.166 e. The van der Waals surface area contributed by atoms with Crippen molar-refractivity contribution in [2.75, 3.05) is 18.1 Å². The standard InChI is InChI=1S/C15H18ClN3O2S2/c16-12-8-23(20,21)9-14(12)19-15(22)17-6-5-10-7-18-13-4-2-1-3-11(10)13/h1-4,7,12,14,18H,5-6,8-9H2,(H2,17,19,22)/t12-,14-/m1/s1. The zero-order chi connectivity index (χ0) is 16.4. The van der Waals surface area contributed by atoms with Crippen molar-refractivity contribution in [3.63, 3.8) is 0 Å². The Hall–Kier alpha value is -1.31. The van der Waals surface area contributed by atoms with Gasteiger partial charge in [0.25, 0.3) is 0 Å². The van der Waals surface area contributed by atoms with E-state index in [0.717, 1.165) is 11.9 Å². The summed E-state index contributed by atoms with van der Waals surface area (Å²) < 4.78 is 23.1. The summed E-state index contributed by atoms with van der Waals surface area (Å²) in [5, 5.41) is 7.33. The highest BCUT2D eigenvalue weighted by Crippen LogP contribution is 2.18. The van der Waals surface area contributed by atoms with Gasteiger partial charge in [-0.1, -0.05) is 18.2 Å². The van der Waals surface area contributed by atoms with E-state index in [1.54, 1.807) is 0 Å². The van der Waals surface area contributed by atoms with E-state index in [-0.39, 0.29) is 17.5 Å². The minimum atomic E-state index is -3.06. The first-order valence-electron chi connectivity index (χ1n) is 7.38. The molecule has 0 unspecified atom stereocenters. The molecule has 8 heteroatoms. The summed E-state index contributed by atoms with van der Waals surface area (Å²) in [5.41, 5.74) is 2.33. The predicted molar refractivity (Wildman–Crippen MR) is 97.8 cm³/mol. The van der Waals surface area contributed by atoms with Crippen LogP contribution < -0.4 is 10.6 Å². The second kappa shape index (κ2) is 6.67. The van der Waals surface area contributed by atoms with Crippen molar-refractivity contribution in [1.29, 1.82) is 0 Å². The fourth-order valence-electron chi connectivity index (χ4n) is 2.81. The van der Waals surface area contributed by atoms with Crippen LogP contribution in [0, 0.1) is 0 Å². The van der Waals surface area contributed by atoms with E-state index in [4.69, 9.17) is 23.8 Å². The van der Waals surface area contributed by atoms with Gasteiger partial charge in [-0.2, -0.15) is 0 Å². The molecule has 5 nitrogen and oxygen atoms in total. The number of hydrogen-bond donors (Lipinski definition) is 3. The van der Waals surface area contributed by atoms with Crippen molar-refractivity contribution in [1.82, 2.24) is 15.6 Å². The van der Waals surface area contributed by atoms with Crippen LogP contribution in [0.4, 0.5) is 0 Å². The second-order valence-corrected chi connectivity index (χ2v) is 8.83. The summed E-state index contributed by atoms with van der Waals surface area (Å²) in [7, 11) is -3.06. The van der Waals surface area contributed by atoms with Crippen molar-refractivity contribution in [3.8, 4) is 0 Å². The summed E-state index contributed by atoms with van der Waals surface area (Å²) in [4.78, 5) is 3.24. The Balaban J connectivity index is 1.50. The Bertz CT molecular complexity index is 819. The molecule has 0 spiro atoms. The van der Waals surface area contributed by atoms with E-state index in [9.17, 15) is 8.42 Å². The van der Waals surface area contributed by atoms with Gasteiger partial charge in [-0.25, -0.2) is 8.42 Å². The van der Waals surface area contributed by atoms with Gasteiger partial charge >= 0.3 is 0 Å². The van der Waals surface area contributed by atoms with Crippen LogP contribution in [0.5, 0.6) is 0 Å². The molecule has 23 heavy (non-hydrogen) atoms. The van der Waals surface area contributed by atoms with Crippen LogP contribution in [-0.4, -0.2) is 48.0 Å². The number of hydrogen-bond acceptors (Lipinski definition) is 3. The maximum Gasteiger partial charge on any atom is 0.166 e. The SMILES string of the molecule is O=S1(=O)C[C@@H](Cl)[C@H](NC(=S)NCCc2c[nH]c3ccccc23)C1. The summed E-state index contributed by atoms with van der Waals surface area (Å²) in [5.74, 6) is 0.0373. The number of H-pyrrole nitrogens is 1. The van der Waals surface area contributed by atoms with Gasteiger partial charge in [-0.15, -0.1) is 11.6 Å². The van der Waals surface area contributed by atoms with Crippen LogP contribution in [-0.2, 0) is 16.3 Å². The van der Waals surface area contributed by atoms with Gasteiger partial charge in [0.2, 0.25) is 0 Å². The minimum absolute atomic E-state index is 0.00414. The van der Waals surface area contributed by atoms with Crippen molar-refractivity contribution in [2.45, 2.75) is 17.8 Å². The first kappa shape index (κ1) is 16.5. The number of nitrogens with one attached hydrogen (secondary N) is 3. The monoisotopic (exact) mass is 371 g/mol. The number of alkyl halides is 1. The van der Waals surface area contributed by atoms with Crippen LogP contribution in [0.15, 0.2) is 30.5 Å². The number of para-hydroxylation sites is 1. The van der Waals surface area contributed by atoms with E-state index in [2.05, 4.69) is 21.7 Å². The molecule has 3 rings (SSSR count). The summed E-state index contributed by atoms with van der Waals surface area (Å²) in [6.07, 6.45) is 2.82. The number of fused-ring (bicyclic) bond motifs is 1. The van der Waals surface area contributed by atoms with Crippen LogP contribution in [0.3, 0.4) is 0 Å². The number of benzene rings is 1. The molecular weight excluding hydrogens is 354 g/mol. The highest BCUT2D eigenvalue weighted by Gasteiger charge is 2.36. The molecule has 124 valence electrons. The number of thiocarbonyl (C=S) groups is 1. The Morgan fingerprint density at radius 1 is 1.35 bits per heavy atom. The lowest BCUT2D eigenvalue weighted by atomic mass is 10.1. The third kappa shape index (κ3) is 3.97. The van der Waals surface area contributed by atoms with E-state index in [1.807, 2.05) is 24.4 Å². The largest absolute Gasteiger partial charge is 0.362 e. The molecule has 1 saturated heterocycles. The van der Waals surface area contributed by atoms with Crippen molar-refractivity contribution in [3.05, 3.63) is 36.0 Å². The van der Waals surface area contributed by atoms with Gasteiger partial charge in [-0.05, 0) is 30.3 Å². The molecule has 0 amide bonds. The molecule has 0 saturated carbocycles. The molecule has 1 aromatic carbocycles. The topological polar surface area (TPSA) is 74.0 Å². The van der Waals surface area contributed by atoms with Crippen LogP contribution >= 0.6 is 23.8 Å². The molecule has 2 aromatic rings. The van der Waals surface area contributed by atoms with E-state index in [1.165, 1.54) is 10.9 Å². The molecule has 2 atom stereocenters. The Morgan fingerprint density at radius 2 is 2.13 bits per heavy atom. The van der Waals surface area contributed by atoms with Crippen LogP contribution in [0.2, 0.25) is 0 Å². The highest BCUT2D eigenvalue weighted by molar-refractivity contribution is 7.91. The number of aromatic amines is 1. The zero-order valence-electron chi connectivity index (χ0n) is 12.4. The van der Waals surface area contributed by atoms with E-state index in [0.29, 0.717) is 11.7 Å². The van der Waals surface area contributed by atoms with Gasteiger partial charge < -0.3 is 15.6 Å². The average molecular weight is 372 g/mol. The van der Waals surface area contributed by atoms with Gasteiger partial charge in [0, 0.05) is 23.6 Å². The first-order chi connectivity index (χ1) is 10.9. The van der Waals surface area contributed by atoms with Crippen molar-refractivity contribution in [2.24, 2.45) is 0 Å². The quantitative estimate of drug-likeness (QED) is 0.562. The van der Waals surface area contributed by atoms with Crippen molar-refractivity contribution < 1.29 is 8.42 Å². The summed E-state index contributed by atoms with van der Waals surface area (Å²) in [6.45, 7) is 0.667. The number of halogens is 1. The fraction of sp³-hybridized carbons (Fsp3) is 0.400. The maximum atomic E-state index is 11.5. The lowest BCUT2D eigenvalue weighted by Gasteiger charge is -2.17. The minimum Gasteiger partial charge on any atom is -0.362 e. The van der Waals surface area contributed by atoms with Gasteiger partial charge in [-0.3, -0.25) is 0 Å². The van der Waals surface area contributed by atoms with Crippen molar-refractivity contribution >= 4 is 49.7 Å². The average Bonchev–Trinajstić information content (AvgIpc) is 3.00. The molecule has 1 aromatic heterocycles. The summed E-state index contributed by atoms with van der Waals surface area (Å²) in [6, 6.07) is 7.81. The fourth-order valence-corrected chi connectivity index (χ4v) is 5.61. The van der Waals surface area contributed by atoms with Gasteiger partial charge in [0.15, 0.2) is 14.9 Å². The normalized spacial score (nSPS) is 23.0. The molecule has 0 radical (unpaired) electrons. The molecule has 0 bridgehead atoms. The molecular formula is C15H18ClN3O2S2.